The maximum atomic E-state index is 12.9. The lowest BCUT2D eigenvalue weighted by molar-refractivity contribution is 0.337. The topological polar surface area (TPSA) is 3.24 Å². The highest BCUT2D eigenvalue weighted by Crippen LogP contribution is 2.24. The van der Waals surface area contributed by atoms with Gasteiger partial charge in [-0.1, -0.05) is 13.8 Å². The predicted octanol–water partition coefficient (Wildman–Crippen LogP) is 2.86. The second-order valence-electron chi connectivity index (χ2n) is 3.18. The van der Waals surface area contributed by atoms with Crippen LogP contribution in [-0.4, -0.2) is 18.0 Å². The van der Waals surface area contributed by atoms with E-state index in [2.05, 4.69) is 13.8 Å². The molecule has 0 N–H and O–H groups in total. The van der Waals surface area contributed by atoms with Crippen molar-refractivity contribution in [3.05, 3.63) is 23.7 Å². The van der Waals surface area contributed by atoms with Crippen LogP contribution < -0.4 is 0 Å². The molecule has 0 saturated heterocycles. The molecule has 0 aromatic rings. The van der Waals surface area contributed by atoms with Crippen LogP contribution in [-0.2, 0) is 0 Å². The number of hydrogen-bond donors (Lipinski definition) is 0. The van der Waals surface area contributed by atoms with Gasteiger partial charge in [0.15, 0.2) is 0 Å². The molecule has 0 amide bonds. The van der Waals surface area contributed by atoms with Crippen LogP contribution in [0.3, 0.4) is 0 Å². The lowest BCUT2D eigenvalue weighted by atomic mass is 9.98. The third kappa shape index (κ3) is 1.68. The van der Waals surface area contributed by atoms with Gasteiger partial charge in [-0.15, -0.1) is 0 Å². The smallest absolute Gasteiger partial charge is 0.139 e. The first-order valence-corrected chi connectivity index (χ1v) is 4.48. The van der Waals surface area contributed by atoms with Gasteiger partial charge in [0.2, 0.25) is 0 Å². The zero-order chi connectivity index (χ0) is 9.14. The molecule has 1 aliphatic rings. The number of nitrogens with zero attached hydrogens (tertiary/aromatic N) is 1. The van der Waals surface area contributed by atoms with Gasteiger partial charge in [-0.3, -0.25) is 0 Å². The maximum absolute atomic E-state index is 12.9. The molecule has 1 nitrogen and oxygen atoms in total. The Morgan fingerprint density at radius 2 is 2.17 bits per heavy atom. The van der Waals surface area contributed by atoms with Gasteiger partial charge in [-0.25, -0.2) is 4.39 Å². The fourth-order valence-corrected chi connectivity index (χ4v) is 1.74. The molecule has 2 heteroatoms. The minimum Gasteiger partial charge on any atom is -0.371 e. The Bertz CT molecular complexity index is 218. The summed E-state index contributed by atoms with van der Waals surface area (Å²) in [5.41, 5.74) is 1.19. The third-order valence-electron chi connectivity index (χ3n) is 2.36. The molecule has 0 radical (unpaired) electrons. The average Bonchev–Trinajstić information content (AvgIpc) is 2.03. The number of allylic oxidation sites excluding steroid dienone is 2. The van der Waals surface area contributed by atoms with Crippen LogP contribution in [0.1, 0.15) is 26.7 Å². The molecule has 0 aliphatic carbocycles. The van der Waals surface area contributed by atoms with Gasteiger partial charge in [0.05, 0.1) is 0 Å². The minimum absolute atomic E-state index is 0.126. The van der Waals surface area contributed by atoms with Crippen LogP contribution >= 0.6 is 0 Å². The van der Waals surface area contributed by atoms with E-state index in [1.54, 1.807) is 12.3 Å². The lowest BCUT2D eigenvalue weighted by Gasteiger charge is -2.30. The van der Waals surface area contributed by atoms with Gasteiger partial charge in [-0.05, 0) is 24.5 Å². The van der Waals surface area contributed by atoms with E-state index in [4.69, 9.17) is 0 Å². The number of rotatable bonds is 2. The van der Waals surface area contributed by atoms with Crippen molar-refractivity contribution in [1.29, 1.82) is 0 Å². The van der Waals surface area contributed by atoms with Crippen LogP contribution in [0.25, 0.3) is 0 Å². The summed E-state index contributed by atoms with van der Waals surface area (Å²) in [6.45, 7) is 4.20. The van der Waals surface area contributed by atoms with E-state index in [-0.39, 0.29) is 5.83 Å². The lowest BCUT2D eigenvalue weighted by Crippen LogP contribution is -2.30. The number of hydrogen-bond acceptors (Lipinski definition) is 1. The Balaban J connectivity index is 2.85. The van der Waals surface area contributed by atoms with Gasteiger partial charge in [0.1, 0.15) is 5.83 Å². The van der Waals surface area contributed by atoms with Crippen molar-refractivity contribution in [1.82, 2.24) is 4.90 Å². The van der Waals surface area contributed by atoms with Gasteiger partial charge < -0.3 is 4.90 Å². The summed E-state index contributed by atoms with van der Waals surface area (Å²) in [7, 11) is 1.93. The SMILES string of the molecule is CCC1=CC(F)=CN(C)C1CC. The summed E-state index contributed by atoms with van der Waals surface area (Å²) < 4.78 is 12.9. The van der Waals surface area contributed by atoms with Gasteiger partial charge in [-0.2, -0.15) is 0 Å². The van der Waals surface area contributed by atoms with E-state index in [9.17, 15) is 4.39 Å². The molecule has 0 bridgehead atoms. The Hall–Kier alpha value is -0.790. The van der Waals surface area contributed by atoms with Crippen molar-refractivity contribution >= 4 is 0 Å². The van der Waals surface area contributed by atoms with Crippen molar-refractivity contribution in [2.24, 2.45) is 0 Å². The molecule has 0 aromatic heterocycles. The maximum Gasteiger partial charge on any atom is 0.139 e. The second kappa shape index (κ2) is 3.74. The fraction of sp³-hybridized carbons (Fsp3) is 0.600. The average molecular weight is 169 g/mol. The van der Waals surface area contributed by atoms with Crippen molar-refractivity contribution in [2.75, 3.05) is 7.05 Å². The molecular formula is C10H16FN. The highest BCUT2D eigenvalue weighted by Gasteiger charge is 2.18. The highest BCUT2D eigenvalue weighted by molar-refractivity contribution is 5.26. The van der Waals surface area contributed by atoms with Crippen molar-refractivity contribution in [2.45, 2.75) is 32.7 Å². The zero-order valence-corrected chi connectivity index (χ0v) is 7.97. The predicted molar refractivity (Wildman–Crippen MR) is 49.4 cm³/mol. The summed E-state index contributed by atoms with van der Waals surface area (Å²) in [4.78, 5) is 1.95. The number of likely N-dealkylation sites (N-methyl/N-ethyl adjacent to an activating group) is 1. The fourth-order valence-electron chi connectivity index (χ4n) is 1.74. The standard InChI is InChI=1S/C10H16FN/c1-4-8-6-9(11)7-12(3)10(8)5-2/h6-7,10H,4-5H2,1-3H3. The quantitative estimate of drug-likeness (QED) is 0.614. The summed E-state index contributed by atoms with van der Waals surface area (Å²) >= 11 is 0. The van der Waals surface area contributed by atoms with Crippen LogP contribution in [0.5, 0.6) is 0 Å². The summed E-state index contributed by atoms with van der Waals surface area (Å²) in [5.74, 6) is -0.126. The second-order valence-corrected chi connectivity index (χ2v) is 3.18. The molecule has 1 unspecified atom stereocenters. The Kier molecular flexibility index (Phi) is 2.90. The van der Waals surface area contributed by atoms with Gasteiger partial charge in [0.25, 0.3) is 0 Å². The summed E-state index contributed by atoms with van der Waals surface area (Å²) in [6, 6.07) is 0.398. The molecule has 68 valence electrons. The number of halogens is 1. The molecule has 1 rings (SSSR count). The van der Waals surface area contributed by atoms with E-state index >= 15 is 0 Å². The van der Waals surface area contributed by atoms with Crippen LogP contribution in [0.2, 0.25) is 0 Å². The Morgan fingerprint density at radius 1 is 1.50 bits per heavy atom. The largest absolute Gasteiger partial charge is 0.371 e. The van der Waals surface area contributed by atoms with Crippen molar-refractivity contribution in [3.63, 3.8) is 0 Å². The highest BCUT2D eigenvalue weighted by atomic mass is 19.1. The van der Waals surface area contributed by atoms with Crippen LogP contribution in [0.4, 0.5) is 4.39 Å². The molecule has 0 saturated carbocycles. The van der Waals surface area contributed by atoms with Crippen molar-refractivity contribution in [3.8, 4) is 0 Å². The van der Waals surface area contributed by atoms with Crippen LogP contribution in [0, 0.1) is 0 Å². The first-order valence-electron chi connectivity index (χ1n) is 4.48. The molecule has 1 heterocycles. The van der Waals surface area contributed by atoms with E-state index < -0.39 is 0 Å². The summed E-state index contributed by atoms with van der Waals surface area (Å²) in [5, 5.41) is 0. The molecular weight excluding hydrogens is 153 g/mol. The first kappa shape index (κ1) is 9.30. The minimum atomic E-state index is -0.126. The Morgan fingerprint density at radius 3 is 2.67 bits per heavy atom. The van der Waals surface area contributed by atoms with Gasteiger partial charge in [0, 0.05) is 19.3 Å². The normalized spacial score (nSPS) is 23.7. The van der Waals surface area contributed by atoms with Gasteiger partial charge >= 0.3 is 0 Å². The molecule has 0 spiro atoms. The first-order chi connectivity index (χ1) is 5.69. The molecule has 1 aliphatic heterocycles. The molecule has 0 aromatic carbocycles. The Labute approximate surface area is 73.6 Å². The van der Waals surface area contributed by atoms with E-state index in [0.717, 1.165) is 12.8 Å². The molecule has 12 heavy (non-hydrogen) atoms. The van der Waals surface area contributed by atoms with E-state index in [0.29, 0.717) is 6.04 Å². The molecule has 1 atom stereocenters. The molecule has 0 fully saturated rings. The van der Waals surface area contributed by atoms with Crippen molar-refractivity contribution < 1.29 is 4.39 Å². The third-order valence-corrected chi connectivity index (χ3v) is 2.36. The van der Waals surface area contributed by atoms with Crippen LogP contribution in [0.15, 0.2) is 23.7 Å². The van der Waals surface area contributed by atoms with E-state index in [1.807, 2.05) is 11.9 Å². The van der Waals surface area contributed by atoms with E-state index in [1.165, 1.54) is 5.57 Å². The summed E-state index contributed by atoms with van der Waals surface area (Å²) in [6.07, 6.45) is 5.20. The monoisotopic (exact) mass is 169 g/mol. The zero-order valence-electron chi connectivity index (χ0n) is 7.97.